The number of ether oxygens (including phenoxy) is 1. The first-order valence-corrected chi connectivity index (χ1v) is 2.66. The third-order valence-electron chi connectivity index (χ3n) is 0.881. The number of aliphatic hydroxyl groups excluding tert-OH is 1. The smallest absolute Gasteiger partial charge is 0.0614 e. The van der Waals surface area contributed by atoms with Crippen molar-refractivity contribution in [2.45, 2.75) is 12.5 Å². The third kappa shape index (κ3) is 4.05. The molecule has 3 heteroatoms. The molecular weight excluding hydrogens is 106 g/mol. The predicted molar refractivity (Wildman–Crippen MR) is 31.6 cm³/mol. The van der Waals surface area contributed by atoms with E-state index in [2.05, 4.69) is 0 Å². The van der Waals surface area contributed by atoms with E-state index < -0.39 is 0 Å². The summed E-state index contributed by atoms with van der Waals surface area (Å²) in [6, 6.07) is -0.00926. The van der Waals surface area contributed by atoms with Crippen molar-refractivity contribution in [3.8, 4) is 0 Å². The second kappa shape index (κ2) is 5.03. The summed E-state index contributed by atoms with van der Waals surface area (Å²) in [4.78, 5) is 0. The summed E-state index contributed by atoms with van der Waals surface area (Å²) in [5.41, 5.74) is 5.41. The van der Waals surface area contributed by atoms with E-state index in [-0.39, 0.29) is 12.6 Å². The van der Waals surface area contributed by atoms with Crippen molar-refractivity contribution >= 4 is 0 Å². The van der Waals surface area contributed by atoms with Crippen molar-refractivity contribution in [2.24, 2.45) is 5.73 Å². The Hall–Kier alpha value is -0.120. The molecule has 0 rings (SSSR count). The van der Waals surface area contributed by atoms with Crippen molar-refractivity contribution in [3.63, 3.8) is 0 Å². The Balaban J connectivity index is 2.92. The van der Waals surface area contributed by atoms with Crippen LogP contribution in [0.2, 0.25) is 0 Å². The van der Waals surface area contributed by atoms with Crippen molar-refractivity contribution < 1.29 is 9.84 Å². The highest BCUT2D eigenvalue weighted by atomic mass is 16.5. The van der Waals surface area contributed by atoms with E-state index in [4.69, 9.17) is 15.6 Å². The minimum atomic E-state index is -0.00926. The largest absolute Gasteiger partial charge is 0.396 e. The lowest BCUT2D eigenvalue weighted by atomic mass is 10.2. The van der Waals surface area contributed by atoms with Crippen LogP contribution in [0.25, 0.3) is 0 Å². The Morgan fingerprint density at radius 2 is 2.38 bits per heavy atom. The van der Waals surface area contributed by atoms with Gasteiger partial charge in [-0.15, -0.1) is 0 Å². The molecule has 0 aliphatic carbocycles. The maximum Gasteiger partial charge on any atom is 0.0614 e. The highest BCUT2D eigenvalue weighted by Gasteiger charge is 1.97. The molecule has 0 aliphatic rings. The predicted octanol–water partition coefficient (Wildman–Crippen LogP) is -0.657. The van der Waals surface area contributed by atoms with Crippen LogP contribution in [-0.2, 0) is 4.74 Å². The Morgan fingerprint density at radius 3 is 2.75 bits per heavy atom. The van der Waals surface area contributed by atoms with Gasteiger partial charge in [-0.1, -0.05) is 0 Å². The van der Waals surface area contributed by atoms with Crippen molar-refractivity contribution in [2.75, 3.05) is 20.3 Å². The highest BCUT2D eigenvalue weighted by molar-refractivity contribution is 4.56. The zero-order valence-corrected chi connectivity index (χ0v) is 5.13. The van der Waals surface area contributed by atoms with Gasteiger partial charge in [-0.2, -0.15) is 0 Å². The van der Waals surface area contributed by atoms with E-state index in [1.165, 1.54) is 0 Å². The van der Waals surface area contributed by atoms with Gasteiger partial charge in [0.25, 0.3) is 0 Å². The molecule has 0 fully saturated rings. The molecule has 0 saturated carbocycles. The van der Waals surface area contributed by atoms with Gasteiger partial charge >= 0.3 is 0 Å². The Morgan fingerprint density at radius 1 is 1.75 bits per heavy atom. The van der Waals surface area contributed by atoms with Crippen LogP contribution in [0.4, 0.5) is 0 Å². The van der Waals surface area contributed by atoms with Crippen LogP contribution in [0.3, 0.4) is 0 Å². The average Bonchev–Trinajstić information content (AvgIpc) is 1.68. The first-order chi connectivity index (χ1) is 3.81. The number of methoxy groups -OCH3 is 1. The van der Waals surface area contributed by atoms with Gasteiger partial charge in [0.05, 0.1) is 6.61 Å². The SMILES string of the molecule is COCC(N)CCO. The quantitative estimate of drug-likeness (QED) is 0.516. The van der Waals surface area contributed by atoms with Gasteiger partial charge < -0.3 is 15.6 Å². The third-order valence-corrected chi connectivity index (χ3v) is 0.881. The molecule has 50 valence electrons. The summed E-state index contributed by atoms with van der Waals surface area (Å²) in [5, 5.41) is 8.33. The summed E-state index contributed by atoms with van der Waals surface area (Å²) in [6.07, 6.45) is 0.619. The van der Waals surface area contributed by atoms with Crippen molar-refractivity contribution in [1.82, 2.24) is 0 Å². The summed E-state index contributed by atoms with van der Waals surface area (Å²) >= 11 is 0. The standard InChI is InChI=1S/C5H13NO2/c1-8-4-5(6)2-3-7/h5,7H,2-4,6H2,1H3. The number of nitrogens with two attached hydrogens (primary N) is 1. The van der Waals surface area contributed by atoms with Crippen LogP contribution < -0.4 is 5.73 Å². The lowest BCUT2D eigenvalue weighted by Crippen LogP contribution is -2.26. The topological polar surface area (TPSA) is 55.5 Å². The molecule has 0 aliphatic heterocycles. The summed E-state index contributed by atoms with van der Waals surface area (Å²) in [6.45, 7) is 0.672. The summed E-state index contributed by atoms with van der Waals surface area (Å²) in [7, 11) is 1.59. The monoisotopic (exact) mass is 119 g/mol. The molecule has 1 atom stereocenters. The number of hydrogen-bond acceptors (Lipinski definition) is 3. The van der Waals surface area contributed by atoms with E-state index in [9.17, 15) is 0 Å². The fourth-order valence-corrected chi connectivity index (χ4v) is 0.463. The molecule has 0 spiro atoms. The minimum absolute atomic E-state index is 0.00926. The normalized spacial score (nSPS) is 13.9. The minimum Gasteiger partial charge on any atom is -0.396 e. The Kier molecular flexibility index (Phi) is 4.95. The second-order valence-electron chi connectivity index (χ2n) is 1.73. The Labute approximate surface area is 49.4 Å². The van der Waals surface area contributed by atoms with Crippen LogP contribution in [0, 0.1) is 0 Å². The fraction of sp³-hybridized carbons (Fsp3) is 1.00. The molecule has 0 aromatic carbocycles. The zero-order valence-electron chi connectivity index (χ0n) is 5.13. The van der Waals surface area contributed by atoms with Crippen LogP contribution in [0.5, 0.6) is 0 Å². The van der Waals surface area contributed by atoms with Crippen LogP contribution in [0.15, 0.2) is 0 Å². The molecule has 8 heavy (non-hydrogen) atoms. The molecular formula is C5H13NO2. The number of aliphatic hydroxyl groups is 1. The van der Waals surface area contributed by atoms with Gasteiger partial charge in [-0.05, 0) is 6.42 Å². The van der Waals surface area contributed by atoms with Gasteiger partial charge in [-0.25, -0.2) is 0 Å². The lowest BCUT2D eigenvalue weighted by molar-refractivity contribution is 0.164. The van der Waals surface area contributed by atoms with Crippen molar-refractivity contribution in [1.29, 1.82) is 0 Å². The maximum absolute atomic E-state index is 8.33. The van der Waals surface area contributed by atoms with E-state index in [1.54, 1.807) is 7.11 Å². The van der Waals surface area contributed by atoms with Gasteiger partial charge in [0, 0.05) is 19.8 Å². The van der Waals surface area contributed by atoms with E-state index in [1.807, 2.05) is 0 Å². The Bertz CT molecular complexity index is 43.7. The zero-order chi connectivity index (χ0) is 6.41. The second-order valence-corrected chi connectivity index (χ2v) is 1.73. The van der Waals surface area contributed by atoms with Crippen molar-refractivity contribution in [3.05, 3.63) is 0 Å². The van der Waals surface area contributed by atoms with Crippen LogP contribution in [-0.4, -0.2) is 31.5 Å². The first-order valence-electron chi connectivity index (χ1n) is 2.66. The van der Waals surface area contributed by atoms with Gasteiger partial charge in [0.2, 0.25) is 0 Å². The molecule has 0 bridgehead atoms. The lowest BCUT2D eigenvalue weighted by Gasteiger charge is -2.05. The van der Waals surface area contributed by atoms with Gasteiger partial charge in [0.1, 0.15) is 0 Å². The van der Waals surface area contributed by atoms with Gasteiger partial charge in [0.15, 0.2) is 0 Å². The van der Waals surface area contributed by atoms with Crippen LogP contribution >= 0.6 is 0 Å². The van der Waals surface area contributed by atoms with Crippen LogP contribution in [0.1, 0.15) is 6.42 Å². The number of rotatable bonds is 4. The molecule has 3 N–H and O–H groups in total. The number of hydrogen-bond donors (Lipinski definition) is 2. The molecule has 0 aromatic rings. The highest BCUT2D eigenvalue weighted by Crippen LogP contribution is 1.84. The summed E-state index contributed by atoms with van der Waals surface area (Å²) in [5.74, 6) is 0. The van der Waals surface area contributed by atoms with Gasteiger partial charge in [-0.3, -0.25) is 0 Å². The van der Waals surface area contributed by atoms with E-state index in [0.29, 0.717) is 13.0 Å². The molecule has 1 unspecified atom stereocenters. The average molecular weight is 119 g/mol. The molecule has 3 nitrogen and oxygen atoms in total. The summed E-state index contributed by atoms with van der Waals surface area (Å²) < 4.78 is 4.72. The molecule has 0 radical (unpaired) electrons. The first kappa shape index (κ1) is 7.88. The molecule has 0 saturated heterocycles. The van der Waals surface area contributed by atoms with E-state index in [0.717, 1.165) is 0 Å². The van der Waals surface area contributed by atoms with E-state index >= 15 is 0 Å². The fourth-order valence-electron chi connectivity index (χ4n) is 0.463. The molecule has 0 heterocycles. The molecule has 0 aromatic heterocycles. The molecule has 0 amide bonds. The maximum atomic E-state index is 8.33.